The molecule has 0 saturated carbocycles. The second-order valence-corrected chi connectivity index (χ2v) is 3.56. The lowest BCUT2D eigenvalue weighted by molar-refractivity contribution is -0.127. The van der Waals surface area contributed by atoms with Gasteiger partial charge >= 0.3 is 0 Å². The highest BCUT2D eigenvalue weighted by Crippen LogP contribution is 2.12. The maximum absolute atomic E-state index is 11.4. The fraction of sp³-hybridized carbons (Fsp3) is 0.333. The van der Waals surface area contributed by atoms with Gasteiger partial charge in [-0.1, -0.05) is 37.3 Å². The van der Waals surface area contributed by atoms with Gasteiger partial charge in [-0.15, -0.1) is 0 Å². The number of hydrogen-bond acceptors (Lipinski definition) is 2. The minimum Gasteiger partial charge on any atom is -0.368 e. The minimum atomic E-state index is -0.736. The molecule has 1 atom stereocenters. The van der Waals surface area contributed by atoms with Crippen molar-refractivity contribution in [2.24, 2.45) is 5.73 Å². The van der Waals surface area contributed by atoms with Crippen LogP contribution in [0.5, 0.6) is 0 Å². The number of benzene rings is 1. The Hall–Kier alpha value is -1.84. The summed E-state index contributed by atoms with van der Waals surface area (Å²) in [6, 6.07) is 8.24. The number of nitrogens with one attached hydrogen (secondary N) is 1. The fourth-order valence-electron chi connectivity index (χ4n) is 1.42. The van der Waals surface area contributed by atoms with E-state index in [1.165, 1.54) is 0 Å². The van der Waals surface area contributed by atoms with Crippen molar-refractivity contribution >= 4 is 11.8 Å². The first-order valence-corrected chi connectivity index (χ1v) is 5.28. The molecule has 86 valence electrons. The van der Waals surface area contributed by atoms with Crippen LogP contribution < -0.4 is 11.1 Å². The van der Waals surface area contributed by atoms with E-state index in [0.717, 1.165) is 6.42 Å². The van der Waals surface area contributed by atoms with Crippen LogP contribution in [0.25, 0.3) is 0 Å². The first kappa shape index (κ1) is 12.2. The maximum atomic E-state index is 11.4. The summed E-state index contributed by atoms with van der Waals surface area (Å²) in [4.78, 5) is 22.7. The van der Waals surface area contributed by atoms with Gasteiger partial charge in [0.1, 0.15) is 6.04 Å². The third-order valence-electron chi connectivity index (χ3n) is 2.20. The van der Waals surface area contributed by atoms with Gasteiger partial charge in [0.25, 0.3) is 0 Å². The summed E-state index contributed by atoms with van der Waals surface area (Å²) in [5.74, 6) is -0.703. The molecule has 0 aromatic heterocycles. The highest BCUT2D eigenvalue weighted by Gasteiger charge is 2.19. The number of rotatable bonds is 5. The van der Waals surface area contributed by atoms with E-state index >= 15 is 0 Å². The van der Waals surface area contributed by atoms with Gasteiger partial charge in [-0.25, -0.2) is 0 Å². The molecule has 3 N–H and O–H groups in total. The van der Waals surface area contributed by atoms with Crippen LogP contribution in [0.2, 0.25) is 0 Å². The topological polar surface area (TPSA) is 72.2 Å². The largest absolute Gasteiger partial charge is 0.368 e. The normalized spacial score (nSPS) is 11.8. The third-order valence-corrected chi connectivity index (χ3v) is 2.20. The maximum Gasteiger partial charge on any atom is 0.244 e. The van der Waals surface area contributed by atoms with Crippen molar-refractivity contribution in [1.29, 1.82) is 0 Å². The fourth-order valence-corrected chi connectivity index (χ4v) is 1.42. The van der Waals surface area contributed by atoms with Gasteiger partial charge in [-0.05, 0) is 12.0 Å². The highest BCUT2D eigenvalue weighted by molar-refractivity contribution is 5.87. The number of carbonyl (C=O) groups excluding carboxylic acids is 2. The molecular weight excluding hydrogens is 204 g/mol. The Labute approximate surface area is 94.8 Å². The molecule has 0 radical (unpaired) electrons. The van der Waals surface area contributed by atoms with Crippen molar-refractivity contribution < 1.29 is 9.59 Å². The third kappa shape index (κ3) is 3.38. The van der Waals surface area contributed by atoms with E-state index in [1.807, 2.05) is 13.0 Å². The van der Waals surface area contributed by atoms with E-state index in [4.69, 9.17) is 5.73 Å². The molecule has 1 rings (SSSR count). The Morgan fingerprint density at radius 2 is 1.94 bits per heavy atom. The summed E-state index contributed by atoms with van der Waals surface area (Å²) in [5.41, 5.74) is 5.97. The number of hydrogen-bond donors (Lipinski definition) is 2. The highest BCUT2D eigenvalue weighted by atomic mass is 16.2. The molecule has 0 unspecified atom stereocenters. The van der Waals surface area contributed by atoms with Crippen LogP contribution in [0.3, 0.4) is 0 Å². The Bertz CT molecular complexity index is 363. The van der Waals surface area contributed by atoms with E-state index in [1.54, 1.807) is 24.3 Å². The van der Waals surface area contributed by atoms with Crippen LogP contribution in [0, 0.1) is 0 Å². The van der Waals surface area contributed by atoms with Crippen LogP contribution in [-0.2, 0) is 9.59 Å². The van der Waals surface area contributed by atoms with Gasteiger partial charge in [0.05, 0.1) is 0 Å². The molecule has 1 aromatic rings. The average Bonchev–Trinajstić information content (AvgIpc) is 2.27. The van der Waals surface area contributed by atoms with Crippen molar-refractivity contribution in [2.45, 2.75) is 25.8 Å². The molecule has 0 bridgehead atoms. The number of primary amides is 1. The molecule has 16 heavy (non-hydrogen) atoms. The molecule has 0 heterocycles. The Kier molecular flexibility index (Phi) is 4.51. The van der Waals surface area contributed by atoms with Crippen molar-refractivity contribution in [2.75, 3.05) is 0 Å². The summed E-state index contributed by atoms with van der Waals surface area (Å²) >= 11 is 0. The molecule has 0 aliphatic rings. The van der Waals surface area contributed by atoms with Crippen molar-refractivity contribution in [1.82, 2.24) is 5.32 Å². The SMILES string of the molecule is CCCC(=O)N[C@H](C(N)=O)c1ccccc1. The summed E-state index contributed by atoms with van der Waals surface area (Å²) in [6.07, 6.45) is 1.14. The summed E-state index contributed by atoms with van der Waals surface area (Å²) in [5, 5.41) is 2.62. The van der Waals surface area contributed by atoms with Crippen molar-refractivity contribution in [3.63, 3.8) is 0 Å². The molecule has 0 fully saturated rings. The lowest BCUT2D eigenvalue weighted by Gasteiger charge is -2.15. The zero-order valence-corrected chi connectivity index (χ0v) is 9.27. The van der Waals surface area contributed by atoms with E-state index in [9.17, 15) is 9.59 Å². The molecule has 4 nitrogen and oxygen atoms in total. The van der Waals surface area contributed by atoms with E-state index in [2.05, 4.69) is 5.32 Å². The number of carbonyl (C=O) groups is 2. The minimum absolute atomic E-state index is 0.157. The predicted molar refractivity (Wildman–Crippen MR) is 61.4 cm³/mol. The zero-order valence-electron chi connectivity index (χ0n) is 9.27. The quantitative estimate of drug-likeness (QED) is 0.780. The molecule has 0 aliphatic heterocycles. The lowest BCUT2D eigenvalue weighted by atomic mass is 10.1. The molecule has 0 aliphatic carbocycles. The molecular formula is C12H16N2O2. The van der Waals surface area contributed by atoms with Crippen LogP contribution in [-0.4, -0.2) is 11.8 Å². The monoisotopic (exact) mass is 220 g/mol. The van der Waals surface area contributed by atoms with E-state index < -0.39 is 11.9 Å². The zero-order chi connectivity index (χ0) is 12.0. The smallest absolute Gasteiger partial charge is 0.244 e. The Balaban J connectivity index is 2.77. The molecule has 1 aromatic carbocycles. The van der Waals surface area contributed by atoms with Gasteiger partial charge in [0.15, 0.2) is 0 Å². The van der Waals surface area contributed by atoms with Gasteiger partial charge in [-0.3, -0.25) is 9.59 Å². The number of nitrogens with two attached hydrogens (primary N) is 1. The van der Waals surface area contributed by atoms with Crippen molar-refractivity contribution in [3.8, 4) is 0 Å². The Morgan fingerprint density at radius 3 is 2.44 bits per heavy atom. The summed E-state index contributed by atoms with van der Waals surface area (Å²) in [7, 11) is 0. The van der Waals surface area contributed by atoms with Crippen LogP contribution in [0.15, 0.2) is 30.3 Å². The van der Waals surface area contributed by atoms with Gasteiger partial charge in [-0.2, -0.15) is 0 Å². The van der Waals surface area contributed by atoms with Crippen LogP contribution in [0.1, 0.15) is 31.4 Å². The first-order valence-electron chi connectivity index (χ1n) is 5.28. The Morgan fingerprint density at radius 1 is 1.31 bits per heavy atom. The second-order valence-electron chi connectivity index (χ2n) is 3.56. The standard InChI is InChI=1S/C12H16N2O2/c1-2-6-10(15)14-11(12(13)16)9-7-4-3-5-8-9/h3-5,7-8,11H,2,6H2,1H3,(H2,13,16)(H,14,15)/t11-/m0/s1. The molecule has 0 spiro atoms. The number of amides is 2. The molecule has 2 amide bonds. The lowest BCUT2D eigenvalue weighted by Crippen LogP contribution is -2.37. The average molecular weight is 220 g/mol. The van der Waals surface area contributed by atoms with Gasteiger partial charge in [0.2, 0.25) is 11.8 Å². The molecule has 0 saturated heterocycles. The van der Waals surface area contributed by atoms with Crippen molar-refractivity contribution in [3.05, 3.63) is 35.9 Å². The van der Waals surface area contributed by atoms with Crippen LogP contribution in [0.4, 0.5) is 0 Å². The second kappa shape index (κ2) is 5.90. The van der Waals surface area contributed by atoms with E-state index in [-0.39, 0.29) is 5.91 Å². The van der Waals surface area contributed by atoms with E-state index in [0.29, 0.717) is 12.0 Å². The van der Waals surface area contributed by atoms with Gasteiger partial charge < -0.3 is 11.1 Å². The summed E-state index contributed by atoms with van der Waals surface area (Å²) < 4.78 is 0. The molecule has 4 heteroatoms. The van der Waals surface area contributed by atoms with Crippen LogP contribution >= 0.6 is 0 Å². The predicted octanol–water partition coefficient (Wildman–Crippen LogP) is 1.13. The summed E-state index contributed by atoms with van der Waals surface area (Å²) in [6.45, 7) is 1.90. The first-order chi connectivity index (χ1) is 7.65. The van der Waals surface area contributed by atoms with Gasteiger partial charge in [0, 0.05) is 6.42 Å².